The molecule has 0 aromatic heterocycles. The predicted octanol–water partition coefficient (Wildman–Crippen LogP) is 3.05. The molecular formula is C17H17NO3. The first-order valence-electron chi connectivity index (χ1n) is 7.08. The van der Waals surface area contributed by atoms with Crippen LogP contribution in [0, 0.1) is 0 Å². The first kappa shape index (κ1) is 13.6. The molecule has 1 aliphatic heterocycles. The van der Waals surface area contributed by atoms with Crippen LogP contribution in [0.3, 0.4) is 0 Å². The van der Waals surface area contributed by atoms with Crippen LogP contribution in [0.2, 0.25) is 0 Å². The Kier molecular flexibility index (Phi) is 3.37. The Balaban J connectivity index is 1.95. The third kappa shape index (κ3) is 2.37. The van der Waals surface area contributed by atoms with Crippen molar-refractivity contribution in [1.29, 1.82) is 0 Å². The van der Waals surface area contributed by atoms with Crippen molar-refractivity contribution in [3.63, 3.8) is 0 Å². The molecule has 1 fully saturated rings. The maximum Gasteiger partial charge on any atom is 0.407 e. The minimum Gasteiger partial charge on any atom is -0.465 e. The molecule has 0 unspecified atom stereocenters. The van der Waals surface area contributed by atoms with Crippen LogP contribution < -0.4 is 0 Å². The molecule has 21 heavy (non-hydrogen) atoms. The summed E-state index contributed by atoms with van der Waals surface area (Å²) < 4.78 is 0. The van der Waals surface area contributed by atoms with Gasteiger partial charge in [0, 0.05) is 13.1 Å². The van der Waals surface area contributed by atoms with E-state index in [2.05, 4.69) is 6.07 Å². The summed E-state index contributed by atoms with van der Waals surface area (Å²) in [4.78, 5) is 24.1. The van der Waals surface area contributed by atoms with Crippen molar-refractivity contribution in [3.8, 4) is 0 Å². The fourth-order valence-corrected chi connectivity index (χ4v) is 3.07. The third-order valence-electron chi connectivity index (χ3n) is 4.48. The van der Waals surface area contributed by atoms with Gasteiger partial charge in [0.15, 0.2) is 0 Å². The summed E-state index contributed by atoms with van der Waals surface area (Å²) >= 11 is 0. The van der Waals surface area contributed by atoms with Crippen molar-refractivity contribution in [3.05, 3.63) is 48.0 Å². The van der Waals surface area contributed by atoms with Crippen LogP contribution in [0.1, 0.15) is 18.4 Å². The molecular weight excluding hydrogens is 266 g/mol. The molecule has 3 rings (SSSR count). The van der Waals surface area contributed by atoms with Crippen molar-refractivity contribution in [1.82, 2.24) is 4.90 Å². The van der Waals surface area contributed by atoms with Gasteiger partial charge < -0.3 is 14.8 Å². The second-order valence-corrected chi connectivity index (χ2v) is 5.61. The number of aldehydes is 1. The van der Waals surface area contributed by atoms with Gasteiger partial charge in [0.2, 0.25) is 0 Å². The van der Waals surface area contributed by atoms with E-state index in [9.17, 15) is 9.59 Å². The molecule has 1 amide bonds. The summed E-state index contributed by atoms with van der Waals surface area (Å²) in [6.45, 7) is 0.807. The Labute approximate surface area is 123 Å². The number of fused-ring (bicyclic) bond motifs is 1. The van der Waals surface area contributed by atoms with Crippen LogP contribution in [-0.4, -0.2) is 35.5 Å². The molecule has 1 aliphatic rings. The highest BCUT2D eigenvalue weighted by Crippen LogP contribution is 2.35. The molecule has 0 radical (unpaired) electrons. The zero-order valence-electron chi connectivity index (χ0n) is 11.7. The third-order valence-corrected chi connectivity index (χ3v) is 4.48. The predicted molar refractivity (Wildman–Crippen MR) is 80.5 cm³/mol. The van der Waals surface area contributed by atoms with E-state index >= 15 is 0 Å². The summed E-state index contributed by atoms with van der Waals surface area (Å²) in [7, 11) is 0. The number of carbonyl (C=O) groups excluding carboxylic acids is 1. The average Bonchev–Trinajstić information content (AvgIpc) is 2.54. The second-order valence-electron chi connectivity index (χ2n) is 5.61. The molecule has 0 spiro atoms. The maximum atomic E-state index is 11.7. The van der Waals surface area contributed by atoms with Gasteiger partial charge in [0.25, 0.3) is 0 Å². The lowest BCUT2D eigenvalue weighted by Crippen LogP contribution is -2.45. The van der Waals surface area contributed by atoms with E-state index in [1.54, 1.807) is 0 Å². The number of rotatable bonds is 2. The van der Waals surface area contributed by atoms with Crippen molar-refractivity contribution in [2.75, 3.05) is 13.1 Å². The van der Waals surface area contributed by atoms with Crippen LogP contribution >= 0.6 is 0 Å². The van der Waals surface area contributed by atoms with E-state index in [0.29, 0.717) is 25.9 Å². The number of amides is 1. The van der Waals surface area contributed by atoms with Crippen molar-refractivity contribution >= 4 is 23.2 Å². The molecule has 4 heteroatoms. The number of likely N-dealkylation sites (tertiary alicyclic amines) is 1. The largest absolute Gasteiger partial charge is 0.465 e. The number of piperidine rings is 1. The monoisotopic (exact) mass is 283 g/mol. The lowest BCUT2D eigenvalue weighted by molar-refractivity contribution is -0.114. The summed E-state index contributed by atoms with van der Waals surface area (Å²) in [6.07, 6.45) is 1.17. The Bertz CT molecular complexity index is 687. The van der Waals surface area contributed by atoms with Gasteiger partial charge in [0.1, 0.15) is 6.29 Å². The highest BCUT2D eigenvalue weighted by Gasteiger charge is 2.37. The molecule has 108 valence electrons. The number of nitrogens with zero attached hydrogens (tertiary/aromatic N) is 1. The number of hydrogen-bond donors (Lipinski definition) is 1. The fourth-order valence-electron chi connectivity index (χ4n) is 3.07. The molecule has 1 heterocycles. The van der Waals surface area contributed by atoms with E-state index in [1.807, 2.05) is 36.4 Å². The summed E-state index contributed by atoms with van der Waals surface area (Å²) in [5.74, 6) is 0. The van der Waals surface area contributed by atoms with Gasteiger partial charge in [-0.2, -0.15) is 0 Å². The van der Waals surface area contributed by atoms with Gasteiger partial charge in [-0.3, -0.25) is 0 Å². The zero-order chi connectivity index (χ0) is 14.9. The highest BCUT2D eigenvalue weighted by molar-refractivity contribution is 5.85. The number of benzene rings is 2. The molecule has 1 saturated heterocycles. The van der Waals surface area contributed by atoms with Crippen molar-refractivity contribution in [2.24, 2.45) is 0 Å². The molecule has 0 saturated carbocycles. The molecule has 4 nitrogen and oxygen atoms in total. The second kappa shape index (κ2) is 5.20. The first-order valence-corrected chi connectivity index (χ1v) is 7.08. The quantitative estimate of drug-likeness (QED) is 0.862. The van der Waals surface area contributed by atoms with Gasteiger partial charge >= 0.3 is 6.09 Å². The van der Waals surface area contributed by atoms with Crippen molar-refractivity contribution < 1.29 is 14.7 Å². The Hall–Kier alpha value is -2.36. The van der Waals surface area contributed by atoms with Crippen LogP contribution in [-0.2, 0) is 10.2 Å². The fraction of sp³-hybridized carbons (Fsp3) is 0.294. The molecule has 0 bridgehead atoms. The van der Waals surface area contributed by atoms with E-state index in [-0.39, 0.29) is 0 Å². The van der Waals surface area contributed by atoms with Gasteiger partial charge in [-0.25, -0.2) is 4.79 Å². The number of carboxylic acid groups (broad SMARTS) is 1. The molecule has 2 aromatic carbocycles. The van der Waals surface area contributed by atoms with E-state index in [4.69, 9.17) is 5.11 Å². The van der Waals surface area contributed by atoms with Crippen LogP contribution in [0.25, 0.3) is 10.8 Å². The normalized spacial score (nSPS) is 17.6. The first-order chi connectivity index (χ1) is 10.1. The standard InChI is InChI=1S/C17H17NO3/c19-12-17(7-9-18(10-8-17)16(20)21)15-6-5-13-3-1-2-4-14(13)11-15/h1-6,11-12H,7-10H2,(H,20,21). The molecule has 2 aromatic rings. The van der Waals surface area contributed by atoms with Crippen LogP contribution in [0.15, 0.2) is 42.5 Å². The van der Waals surface area contributed by atoms with Crippen molar-refractivity contribution in [2.45, 2.75) is 18.3 Å². The Morgan fingerprint density at radius 3 is 2.38 bits per heavy atom. The summed E-state index contributed by atoms with van der Waals surface area (Å²) in [6, 6.07) is 14.1. The number of hydrogen-bond acceptors (Lipinski definition) is 2. The average molecular weight is 283 g/mol. The topological polar surface area (TPSA) is 57.6 Å². The van der Waals surface area contributed by atoms with Crippen LogP contribution in [0.4, 0.5) is 4.79 Å². The summed E-state index contributed by atoms with van der Waals surface area (Å²) in [5.41, 5.74) is 0.428. The van der Waals surface area contributed by atoms with Gasteiger partial charge in [0.05, 0.1) is 5.41 Å². The SMILES string of the molecule is O=CC1(c2ccc3ccccc3c2)CCN(C(=O)O)CC1. The Morgan fingerprint density at radius 1 is 1.10 bits per heavy atom. The van der Waals surface area contributed by atoms with E-state index in [1.165, 1.54) is 4.90 Å². The van der Waals surface area contributed by atoms with Gasteiger partial charge in [-0.1, -0.05) is 42.5 Å². The molecule has 1 N–H and O–H groups in total. The maximum absolute atomic E-state index is 11.7. The zero-order valence-corrected chi connectivity index (χ0v) is 11.7. The van der Waals surface area contributed by atoms with Crippen LogP contribution in [0.5, 0.6) is 0 Å². The molecule has 0 atom stereocenters. The summed E-state index contributed by atoms with van der Waals surface area (Å²) in [5, 5.41) is 11.3. The number of carbonyl (C=O) groups is 2. The highest BCUT2D eigenvalue weighted by atomic mass is 16.4. The smallest absolute Gasteiger partial charge is 0.407 e. The van der Waals surface area contributed by atoms with E-state index < -0.39 is 11.5 Å². The van der Waals surface area contributed by atoms with Gasteiger partial charge in [-0.15, -0.1) is 0 Å². The minimum atomic E-state index is -0.909. The lowest BCUT2D eigenvalue weighted by atomic mass is 9.73. The lowest BCUT2D eigenvalue weighted by Gasteiger charge is -2.37. The van der Waals surface area contributed by atoms with E-state index in [0.717, 1.165) is 22.6 Å². The minimum absolute atomic E-state index is 0.404. The molecule has 0 aliphatic carbocycles. The Morgan fingerprint density at radius 2 is 1.76 bits per heavy atom. The van der Waals surface area contributed by atoms with Gasteiger partial charge in [-0.05, 0) is 29.2 Å².